The number of hydroxylamine groups is 2. The van der Waals surface area contributed by atoms with Gasteiger partial charge < -0.3 is 9.84 Å². The monoisotopic (exact) mass is 577 g/mol. The van der Waals surface area contributed by atoms with Gasteiger partial charge in [-0.1, -0.05) is 11.6 Å². The normalized spacial score (nSPS) is 28.9. The quantitative estimate of drug-likeness (QED) is 0.239. The van der Waals surface area contributed by atoms with Crippen molar-refractivity contribution in [3.63, 3.8) is 0 Å². The van der Waals surface area contributed by atoms with Gasteiger partial charge in [0, 0.05) is 23.1 Å². The van der Waals surface area contributed by atoms with Crippen molar-refractivity contribution in [2.24, 2.45) is 17.8 Å². The number of fused-ring (bicyclic) bond motifs is 3. The highest BCUT2D eigenvalue weighted by molar-refractivity contribution is 9.12. The fourth-order valence-corrected chi connectivity index (χ4v) is 6.39. The molecule has 0 saturated carbocycles. The predicted octanol–water partition coefficient (Wildman–Crippen LogP) is 3.31. The van der Waals surface area contributed by atoms with Crippen LogP contribution in [0.4, 0.5) is 0 Å². The van der Waals surface area contributed by atoms with Gasteiger partial charge in [0.25, 0.3) is 11.8 Å². The molecule has 2 amide bonds. The number of phenols is 1. The van der Waals surface area contributed by atoms with Gasteiger partial charge in [0.15, 0.2) is 23.1 Å². The molecule has 0 radical (unpaired) electrons. The topological polar surface area (TPSA) is 121 Å². The maximum atomic E-state index is 13.1. The standard InChI is InChI=1S/C23H17Br2NO7/c1-33-16-5-8(4-13(24)21(16)29)17-9-2-3-10-18(23(31)26(32)22(10)30)11(9)6-12-19(17)15(27)7-14(25)20(12)28/h2,4-5,7,10-11,17-18,29,32H,3,6H2,1H3. The minimum atomic E-state index is -0.825. The summed E-state index contributed by atoms with van der Waals surface area (Å²) in [4.78, 5) is 51.4. The number of phenolic OH excluding ortho intramolecular Hbond substituents is 1. The Hall–Kier alpha value is -2.56. The largest absolute Gasteiger partial charge is 0.503 e. The molecule has 1 aromatic rings. The Morgan fingerprint density at radius 1 is 1.09 bits per heavy atom. The first kappa shape index (κ1) is 22.2. The van der Waals surface area contributed by atoms with E-state index in [-0.39, 0.29) is 51.0 Å². The molecule has 3 aliphatic carbocycles. The molecular weight excluding hydrogens is 562 g/mol. The molecule has 0 spiro atoms. The summed E-state index contributed by atoms with van der Waals surface area (Å²) in [5.41, 5.74) is 1.91. The molecule has 5 rings (SSSR count). The SMILES string of the molecule is COc1cc(C2C3=CCC4C(=O)N(O)C(=O)C4C3CC3=C2C(=O)C=C(Br)C3=O)cc(Br)c1O. The summed E-state index contributed by atoms with van der Waals surface area (Å²) in [5, 5.41) is 20.4. The number of benzene rings is 1. The second kappa shape index (κ2) is 7.75. The van der Waals surface area contributed by atoms with E-state index in [1.165, 1.54) is 13.2 Å². The minimum absolute atomic E-state index is 0.107. The maximum absolute atomic E-state index is 13.1. The molecule has 0 aromatic heterocycles. The summed E-state index contributed by atoms with van der Waals surface area (Å²) in [7, 11) is 1.40. The molecule has 33 heavy (non-hydrogen) atoms. The van der Waals surface area contributed by atoms with Gasteiger partial charge in [0.05, 0.1) is 27.9 Å². The van der Waals surface area contributed by atoms with E-state index >= 15 is 0 Å². The van der Waals surface area contributed by atoms with Crippen LogP contribution in [0.3, 0.4) is 0 Å². The van der Waals surface area contributed by atoms with Crippen molar-refractivity contribution in [3.8, 4) is 11.5 Å². The van der Waals surface area contributed by atoms with Crippen molar-refractivity contribution in [2.45, 2.75) is 18.8 Å². The zero-order valence-electron chi connectivity index (χ0n) is 17.2. The number of nitrogens with zero attached hydrogens (tertiary/aromatic N) is 1. The molecule has 1 heterocycles. The second-order valence-electron chi connectivity index (χ2n) is 8.44. The number of aromatic hydroxyl groups is 1. The summed E-state index contributed by atoms with van der Waals surface area (Å²) in [6.07, 6.45) is 3.42. The zero-order valence-corrected chi connectivity index (χ0v) is 20.3. The number of methoxy groups -OCH3 is 1. The van der Waals surface area contributed by atoms with Crippen molar-refractivity contribution in [1.82, 2.24) is 5.06 Å². The van der Waals surface area contributed by atoms with Crippen LogP contribution in [-0.4, -0.2) is 45.9 Å². The van der Waals surface area contributed by atoms with E-state index in [0.29, 0.717) is 15.6 Å². The lowest BCUT2D eigenvalue weighted by atomic mass is 9.59. The summed E-state index contributed by atoms with van der Waals surface area (Å²) < 4.78 is 5.76. The van der Waals surface area contributed by atoms with Crippen LogP contribution in [0.25, 0.3) is 0 Å². The summed E-state index contributed by atoms with van der Waals surface area (Å²) >= 11 is 6.48. The second-order valence-corrected chi connectivity index (χ2v) is 10.1. The molecule has 0 bridgehead atoms. The van der Waals surface area contributed by atoms with Crippen molar-refractivity contribution < 1.29 is 34.2 Å². The number of ether oxygens (including phenoxy) is 1. The van der Waals surface area contributed by atoms with Crippen molar-refractivity contribution in [3.05, 3.63) is 55.5 Å². The fourth-order valence-electron chi connectivity index (χ4n) is 5.49. The van der Waals surface area contributed by atoms with Gasteiger partial charge in [0.2, 0.25) is 0 Å². The first-order valence-corrected chi connectivity index (χ1v) is 11.8. The van der Waals surface area contributed by atoms with Gasteiger partial charge in [0.1, 0.15) is 0 Å². The van der Waals surface area contributed by atoms with E-state index in [4.69, 9.17) is 4.74 Å². The zero-order chi connectivity index (χ0) is 23.8. The average molecular weight is 579 g/mol. The lowest BCUT2D eigenvalue weighted by molar-refractivity contribution is -0.173. The molecule has 1 fully saturated rings. The minimum Gasteiger partial charge on any atom is -0.503 e. The lowest BCUT2D eigenvalue weighted by Crippen LogP contribution is -2.39. The number of hydrogen-bond donors (Lipinski definition) is 2. The first-order valence-electron chi connectivity index (χ1n) is 10.2. The number of ketones is 2. The van der Waals surface area contributed by atoms with E-state index in [1.54, 1.807) is 12.1 Å². The highest BCUT2D eigenvalue weighted by atomic mass is 79.9. The molecule has 8 nitrogen and oxygen atoms in total. The molecule has 10 heteroatoms. The third-order valence-electron chi connectivity index (χ3n) is 6.91. The van der Waals surface area contributed by atoms with Gasteiger partial charge in [-0.2, -0.15) is 5.06 Å². The molecule has 170 valence electrons. The predicted molar refractivity (Wildman–Crippen MR) is 121 cm³/mol. The average Bonchev–Trinajstić information content (AvgIpc) is 3.02. The molecule has 2 N–H and O–H groups in total. The summed E-state index contributed by atoms with van der Waals surface area (Å²) in [6, 6.07) is 3.24. The lowest BCUT2D eigenvalue weighted by Gasteiger charge is -2.42. The van der Waals surface area contributed by atoms with E-state index in [1.807, 2.05) is 6.08 Å². The molecule has 4 aliphatic rings. The van der Waals surface area contributed by atoms with E-state index in [0.717, 1.165) is 5.57 Å². The van der Waals surface area contributed by atoms with Crippen LogP contribution >= 0.6 is 31.9 Å². The Kier molecular flexibility index (Phi) is 5.22. The highest BCUT2D eigenvalue weighted by Crippen LogP contribution is 2.56. The Balaban J connectivity index is 1.74. The van der Waals surface area contributed by atoms with Crippen LogP contribution in [0, 0.1) is 17.8 Å². The number of carbonyl (C=O) groups excluding carboxylic acids is 4. The summed E-state index contributed by atoms with van der Waals surface area (Å²) in [6.45, 7) is 0. The van der Waals surface area contributed by atoms with Gasteiger partial charge in [-0.05, 0) is 68.3 Å². The van der Waals surface area contributed by atoms with E-state index in [9.17, 15) is 29.5 Å². The van der Waals surface area contributed by atoms with E-state index < -0.39 is 35.5 Å². The van der Waals surface area contributed by atoms with Crippen LogP contribution in [0.2, 0.25) is 0 Å². The maximum Gasteiger partial charge on any atom is 0.257 e. The number of hydrogen-bond acceptors (Lipinski definition) is 7. The Bertz CT molecular complexity index is 1260. The molecule has 1 aromatic carbocycles. The number of rotatable bonds is 2. The smallest absolute Gasteiger partial charge is 0.257 e. The Morgan fingerprint density at radius 3 is 2.52 bits per heavy atom. The fraction of sp³-hybridized carbons (Fsp3) is 0.304. The van der Waals surface area contributed by atoms with Crippen LogP contribution in [0.1, 0.15) is 24.3 Å². The highest BCUT2D eigenvalue weighted by Gasteiger charge is 2.56. The molecule has 4 atom stereocenters. The van der Waals surface area contributed by atoms with E-state index in [2.05, 4.69) is 31.9 Å². The number of halogens is 2. The Labute approximate surface area is 204 Å². The van der Waals surface area contributed by atoms with Gasteiger partial charge in [-0.3, -0.25) is 24.4 Å². The van der Waals surface area contributed by atoms with Gasteiger partial charge >= 0.3 is 0 Å². The number of imide groups is 1. The molecule has 1 saturated heterocycles. The van der Waals surface area contributed by atoms with Crippen LogP contribution in [0.5, 0.6) is 11.5 Å². The van der Waals surface area contributed by atoms with Crippen LogP contribution in [0.15, 0.2) is 50.0 Å². The first-order chi connectivity index (χ1) is 15.6. The number of allylic oxidation sites excluding steroid dienone is 6. The third kappa shape index (κ3) is 3.11. The van der Waals surface area contributed by atoms with Crippen molar-refractivity contribution in [2.75, 3.05) is 7.11 Å². The number of carbonyl (C=O) groups is 4. The number of amides is 2. The molecular formula is C23H17Br2NO7. The van der Waals surface area contributed by atoms with Crippen LogP contribution in [-0.2, 0) is 19.2 Å². The Morgan fingerprint density at radius 2 is 1.82 bits per heavy atom. The number of Topliss-reactive ketones (excluding diaryl/α,β-unsaturated/α-hetero) is 1. The van der Waals surface area contributed by atoms with Crippen LogP contribution < -0.4 is 4.74 Å². The molecule has 4 unspecified atom stereocenters. The van der Waals surface area contributed by atoms with Gasteiger partial charge in [-0.25, -0.2) is 0 Å². The third-order valence-corrected chi connectivity index (χ3v) is 8.11. The van der Waals surface area contributed by atoms with Gasteiger partial charge in [-0.15, -0.1) is 0 Å². The van der Waals surface area contributed by atoms with Crippen molar-refractivity contribution in [1.29, 1.82) is 0 Å². The molecule has 1 aliphatic heterocycles. The van der Waals surface area contributed by atoms with Crippen molar-refractivity contribution >= 4 is 55.2 Å². The summed E-state index contributed by atoms with van der Waals surface area (Å²) in [5.74, 6) is -4.73.